The zero-order chi connectivity index (χ0) is 17.6. The van der Waals surface area contributed by atoms with E-state index in [1.807, 2.05) is 43.2 Å². The largest absolute Gasteiger partial charge is 0.349 e. The molecule has 0 spiro atoms. The highest BCUT2D eigenvalue weighted by molar-refractivity contribution is 5.92. The number of piperidine rings is 1. The maximum Gasteiger partial charge on any atom is 0.271 e. The fraction of sp³-hybridized carbons (Fsp3) is 0.474. The fourth-order valence-electron chi connectivity index (χ4n) is 3.28. The zero-order valence-electron chi connectivity index (χ0n) is 15.0. The van der Waals surface area contributed by atoms with Gasteiger partial charge in [-0.25, -0.2) is 0 Å². The zero-order valence-corrected chi connectivity index (χ0v) is 15.0. The quantitative estimate of drug-likeness (QED) is 0.842. The van der Waals surface area contributed by atoms with Crippen molar-refractivity contribution in [2.45, 2.75) is 24.9 Å². The van der Waals surface area contributed by atoms with Crippen LogP contribution in [0.3, 0.4) is 0 Å². The van der Waals surface area contributed by atoms with Crippen LogP contribution in [-0.4, -0.2) is 54.3 Å². The number of nitrogens with zero attached hydrogens (tertiary/aromatic N) is 3. The smallest absolute Gasteiger partial charge is 0.271 e. The minimum absolute atomic E-state index is 0.120. The Labute approximate surface area is 149 Å². The first kappa shape index (κ1) is 17.6. The van der Waals surface area contributed by atoms with Crippen LogP contribution in [-0.2, 0) is 0 Å². The van der Waals surface area contributed by atoms with E-state index in [1.54, 1.807) is 6.07 Å². The molecule has 1 fully saturated rings. The Kier molecular flexibility index (Phi) is 5.83. The van der Waals surface area contributed by atoms with Crippen molar-refractivity contribution in [3.05, 3.63) is 53.9 Å². The van der Waals surface area contributed by atoms with Gasteiger partial charge in [0.1, 0.15) is 5.69 Å². The molecule has 6 heteroatoms. The molecule has 2 heterocycles. The lowest BCUT2D eigenvalue weighted by atomic mass is 10.1. The van der Waals surface area contributed by atoms with Crippen LogP contribution in [0.5, 0.6) is 0 Å². The van der Waals surface area contributed by atoms with Gasteiger partial charge in [-0.3, -0.25) is 9.48 Å². The first-order chi connectivity index (χ1) is 12.1. The van der Waals surface area contributed by atoms with Crippen molar-refractivity contribution >= 4 is 5.91 Å². The molecule has 1 aliphatic rings. The van der Waals surface area contributed by atoms with Crippen LogP contribution in [0.25, 0.3) is 0 Å². The number of rotatable bonds is 6. The van der Waals surface area contributed by atoms with Crippen molar-refractivity contribution in [3.8, 4) is 0 Å². The summed E-state index contributed by atoms with van der Waals surface area (Å²) in [6.45, 7) is 2.53. The van der Waals surface area contributed by atoms with E-state index in [0.717, 1.165) is 25.9 Å². The Bertz CT molecular complexity index is 676. The highest BCUT2D eigenvalue weighted by Crippen LogP contribution is 2.18. The fourth-order valence-corrected chi connectivity index (χ4v) is 3.28. The number of nitrogens with one attached hydrogen (secondary N) is 2. The van der Waals surface area contributed by atoms with Crippen LogP contribution >= 0.6 is 0 Å². The number of carbonyl (C=O) groups is 1. The molecular weight excluding hydrogens is 314 g/mol. The summed E-state index contributed by atoms with van der Waals surface area (Å²) >= 11 is 0. The van der Waals surface area contributed by atoms with Crippen LogP contribution in [0.15, 0.2) is 42.6 Å². The van der Waals surface area contributed by atoms with Crippen LogP contribution in [0.4, 0.5) is 0 Å². The van der Waals surface area contributed by atoms with Gasteiger partial charge in [0.2, 0.25) is 0 Å². The summed E-state index contributed by atoms with van der Waals surface area (Å²) in [5.41, 5.74) is 1.67. The Hall–Kier alpha value is -2.18. The van der Waals surface area contributed by atoms with Crippen molar-refractivity contribution in [2.75, 3.05) is 33.7 Å². The van der Waals surface area contributed by atoms with Crippen molar-refractivity contribution in [1.29, 1.82) is 0 Å². The van der Waals surface area contributed by atoms with E-state index in [2.05, 4.69) is 32.8 Å². The van der Waals surface area contributed by atoms with Gasteiger partial charge >= 0.3 is 0 Å². The molecule has 2 atom stereocenters. The second-order valence-corrected chi connectivity index (χ2v) is 6.78. The molecule has 2 aromatic rings. The van der Waals surface area contributed by atoms with Crippen LogP contribution in [0.1, 0.15) is 41.0 Å². The number of aromatic nitrogens is 2. The minimum atomic E-state index is -0.120. The molecule has 1 amide bonds. The summed E-state index contributed by atoms with van der Waals surface area (Å²) in [7, 11) is 4.04. The Morgan fingerprint density at radius 2 is 2.16 bits per heavy atom. The second kappa shape index (κ2) is 8.27. The molecule has 0 bridgehead atoms. The molecule has 1 aromatic carbocycles. The molecule has 0 saturated carbocycles. The predicted molar refractivity (Wildman–Crippen MR) is 98.6 cm³/mol. The standard InChI is InChI=1S/C19H27N5O/c1-23(2)18(15-7-4-3-5-8-15)14-21-19(25)17-10-12-24(22-17)16-9-6-11-20-13-16/h3-5,7-8,10,12,16,18,20H,6,9,11,13-14H2,1-2H3,(H,21,25). The maximum atomic E-state index is 12.5. The average Bonchev–Trinajstić information content (AvgIpc) is 3.13. The van der Waals surface area contributed by atoms with Crippen LogP contribution in [0, 0.1) is 0 Å². The van der Waals surface area contributed by atoms with Gasteiger partial charge in [0.25, 0.3) is 5.91 Å². The first-order valence-corrected chi connectivity index (χ1v) is 8.90. The SMILES string of the molecule is CN(C)C(CNC(=O)c1ccn(C2CCCNC2)n1)c1ccccc1. The van der Waals surface area contributed by atoms with Gasteiger partial charge in [0.15, 0.2) is 0 Å². The molecule has 0 radical (unpaired) electrons. The lowest BCUT2D eigenvalue weighted by molar-refractivity contribution is 0.0935. The lowest BCUT2D eigenvalue weighted by Gasteiger charge is -2.25. The molecule has 134 valence electrons. The third-order valence-electron chi connectivity index (χ3n) is 4.75. The minimum Gasteiger partial charge on any atom is -0.349 e. The average molecular weight is 341 g/mol. The van der Waals surface area contributed by atoms with Crippen molar-refractivity contribution in [2.24, 2.45) is 0 Å². The molecule has 6 nitrogen and oxygen atoms in total. The van der Waals surface area contributed by atoms with E-state index in [4.69, 9.17) is 0 Å². The normalized spacial score (nSPS) is 18.9. The molecule has 2 N–H and O–H groups in total. The third-order valence-corrected chi connectivity index (χ3v) is 4.75. The Morgan fingerprint density at radius 3 is 2.84 bits per heavy atom. The van der Waals surface area contributed by atoms with E-state index in [1.165, 1.54) is 5.56 Å². The molecule has 2 unspecified atom stereocenters. The second-order valence-electron chi connectivity index (χ2n) is 6.78. The van der Waals surface area contributed by atoms with Gasteiger partial charge in [-0.15, -0.1) is 0 Å². The monoisotopic (exact) mass is 341 g/mol. The van der Waals surface area contributed by atoms with E-state index < -0.39 is 0 Å². The predicted octanol–water partition coefficient (Wildman–Crippen LogP) is 1.84. The lowest BCUT2D eigenvalue weighted by Crippen LogP contribution is -2.35. The summed E-state index contributed by atoms with van der Waals surface area (Å²) in [6.07, 6.45) is 4.16. The molecule has 1 aromatic heterocycles. The van der Waals surface area contributed by atoms with Crippen LogP contribution < -0.4 is 10.6 Å². The van der Waals surface area contributed by atoms with Crippen LogP contribution in [0.2, 0.25) is 0 Å². The summed E-state index contributed by atoms with van der Waals surface area (Å²) in [6, 6.07) is 12.5. The van der Waals surface area contributed by atoms with E-state index in [9.17, 15) is 4.79 Å². The summed E-state index contributed by atoms with van der Waals surface area (Å²) < 4.78 is 1.92. The van der Waals surface area contributed by atoms with Crippen molar-refractivity contribution in [3.63, 3.8) is 0 Å². The molecule has 0 aliphatic carbocycles. The highest BCUT2D eigenvalue weighted by Gasteiger charge is 2.19. The topological polar surface area (TPSA) is 62.2 Å². The highest BCUT2D eigenvalue weighted by atomic mass is 16.1. The number of hydrogen-bond donors (Lipinski definition) is 2. The Balaban J connectivity index is 1.61. The van der Waals surface area contributed by atoms with Gasteiger partial charge in [-0.05, 0) is 45.1 Å². The number of amides is 1. The Morgan fingerprint density at radius 1 is 1.36 bits per heavy atom. The van der Waals surface area contributed by atoms with E-state index in [0.29, 0.717) is 18.3 Å². The number of benzene rings is 1. The van der Waals surface area contributed by atoms with Gasteiger partial charge in [-0.1, -0.05) is 30.3 Å². The van der Waals surface area contributed by atoms with Gasteiger partial charge in [0.05, 0.1) is 12.1 Å². The first-order valence-electron chi connectivity index (χ1n) is 8.90. The van der Waals surface area contributed by atoms with Gasteiger partial charge < -0.3 is 15.5 Å². The molecule has 1 aliphatic heterocycles. The number of carbonyl (C=O) groups excluding carboxylic acids is 1. The maximum absolute atomic E-state index is 12.5. The van der Waals surface area contributed by atoms with Gasteiger partial charge in [-0.2, -0.15) is 5.10 Å². The summed E-state index contributed by atoms with van der Waals surface area (Å²) in [5.74, 6) is -0.120. The molecular formula is C19H27N5O. The van der Waals surface area contributed by atoms with Crippen molar-refractivity contribution in [1.82, 2.24) is 25.3 Å². The summed E-state index contributed by atoms with van der Waals surface area (Å²) in [5, 5.41) is 10.9. The van der Waals surface area contributed by atoms with Gasteiger partial charge in [0, 0.05) is 19.3 Å². The van der Waals surface area contributed by atoms with E-state index >= 15 is 0 Å². The molecule has 1 saturated heterocycles. The number of hydrogen-bond acceptors (Lipinski definition) is 4. The van der Waals surface area contributed by atoms with E-state index in [-0.39, 0.29) is 11.9 Å². The molecule has 3 rings (SSSR count). The summed E-state index contributed by atoms with van der Waals surface area (Å²) in [4.78, 5) is 14.6. The number of likely N-dealkylation sites (N-methyl/N-ethyl adjacent to an activating group) is 1. The van der Waals surface area contributed by atoms with Crippen molar-refractivity contribution < 1.29 is 4.79 Å². The molecule has 25 heavy (non-hydrogen) atoms. The third kappa shape index (κ3) is 4.46.